The van der Waals surface area contributed by atoms with Gasteiger partial charge in [0.2, 0.25) is 5.91 Å². The number of carbonyl (C=O) groups excluding carboxylic acids is 2. The van der Waals surface area contributed by atoms with Gasteiger partial charge in [0.25, 0.3) is 0 Å². The van der Waals surface area contributed by atoms with Gasteiger partial charge in [-0.1, -0.05) is 34.6 Å². The van der Waals surface area contributed by atoms with Crippen molar-refractivity contribution in [2.75, 3.05) is 26.2 Å². The molecule has 2 fully saturated rings. The van der Waals surface area contributed by atoms with Gasteiger partial charge in [0.05, 0.1) is 0 Å². The van der Waals surface area contributed by atoms with Crippen LogP contribution in [0, 0.1) is 22.7 Å². The van der Waals surface area contributed by atoms with Crippen LogP contribution in [-0.2, 0) is 9.59 Å². The Kier molecular flexibility index (Phi) is 4.48. The molecule has 21 heavy (non-hydrogen) atoms. The zero-order valence-electron chi connectivity index (χ0n) is 14.2. The summed E-state index contributed by atoms with van der Waals surface area (Å²) in [5.74, 6) is -0.0864. The van der Waals surface area contributed by atoms with Crippen LogP contribution < -0.4 is 5.32 Å². The molecule has 3 atom stereocenters. The Labute approximate surface area is 128 Å². The molecule has 2 aliphatic rings. The summed E-state index contributed by atoms with van der Waals surface area (Å²) in [6.07, 6.45) is 1.94. The third-order valence-electron chi connectivity index (χ3n) is 6.44. The highest BCUT2D eigenvalue weighted by molar-refractivity contribution is 6.07. The number of likely N-dealkylation sites (N-methyl/N-ethyl adjacent to an activating group) is 1. The molecule has 2 aliphatic carbocycles. The number of hydrogen-bond acceptors (Lipinski definition) is 3. The van der Waals surface area contributed by atoms with E-state index in [-0.39, 0.29) is 28.4 Å². The molecule has 2 rings (SSSR count). The smallest absolute Gasteiger partial charge is 0.230 e. The molecule has 4 nitrogen and oxygen atoms in total. The fraction of sp³-hybridized carbons (Fsp3) is 0.882. The average molecular weight is 294 g/mol. The fourth-order valence-electron chi connectivity index (χ4n) is 4.38. The molecule has 0 spiro atoms. The molecule has 0 aromatic carbocycles. The molecule has 0 aromatic rings. The van der Waals surface area contributed by atoms with Crippen molar-refractivity contribution in [2.24, 2.45) is 22.7 Å². The molecule has 0 aliphatic heterocycles. The van der Waals surface area contributed by atoms with E-state index in [4.69, 9.17) is 0 Å². The van der Waals surface area contributed by atoms with Crippen molar-refractivity contribution in [2.45, 2.75) is 47.5 Å². The van der Waals surface area contributed by atoms with Crippen molar-refractivity contribution in [3.63, 3.8) is 0 Å². The van der Waals surface area contributed by atoms with Crippen molar-refractivity contribution in [3.8, 4) is 0 Å². The lowest BCUT2D eigenvalue weighted by atomic mass is 9.70. The highest BCUT2D eigenvalue weighted by Gasteiger charge is 2.67. The van der Waals surface area contributed by atoms with Crippen molar-refractivity contribution in [1.29, 1.82) is 0 Å². The van der Waals surface area contributed by atoms with E-state index in [0.29, 0.717) is 6.54 Å². The quantitative estimate of drug-likeness (QED) is 0.763. The first-order chi connectivity index (χ1) is 9.79. The van der Waals surface area contributed by atoms with Crippen LogP contribution in [0.15, 0.2) is 0 Å². The van der Waals surface area contributed by atoms with Crippen molar-refractivity contribution in [1.82, 2.24) is 10.2 Å². The number of ketones is 1. The van der Waals surface area contributed by atoms with Crippen LogP contribution in [-0.4, -0.2) is 42.8 Å². The number of amides is 1. The molecule has 120 valence electrons. The zero-order chi connectivity index (χ0) is 15.8. The lowest BCUT2D eigenvalue weighted by Gasteiger charge is -2.32. The zero-order valence-corrected chi connectivity index (χ0v) is 14.2. The molecule has 0 heterocycles. The van der Waals surface area contributed by atoms with E-state index < -0.39 is 5.92 Å². The lowest BCUT2D eigenvalue weighted by molar-refractivity contribution is -0.138. The van der Waals surface area contributed by atoms with Gasteiger partial charge in [0.15, 0.2) is 5.78 Å². The monoisotopic (exact) mass is 294 g/mol. The highest BCUT2D eigenvalue weighted by Crippen LogP contribution is 2.65. The maximum Gasteiger partial charge on any atom is 0.230 e. The van der Waals surface area contributed by atoms with E-state index >= 15 is 0 Å². The van der Waals surface area contributed by atoms with Crippen LogP contribution in [0.25, 0.3) is 0 Å². The number of hydrogen-bond donors (Lipinski definition) is 1. The lowest BCUT2D eigenvalue weighted by Crippen LogP contribution is -2.43. The Bertz CT molecular complexity index is 429. The minimum Gasteiger partial charge on any atom is -0.354 e. The van der Waals surface area contributed by atoms with Crippen molar-refractivity contribution < 1.29 is 9.59 Å². The van der Waals surface area contributed by atoms with Gasteiger partial charge < -0.3 is 10.2 Å². The Balaban J connectivity index is 1.97. The summed E-state index contributed by atoms with van der Waals surface area (Å²) in [5, 5.41) is 2.99. The van der Waals surface area contributed by atoms with Crippen LogP contribution in [0.2, 0.25) is 0 Å². The molecule has 0 radical (unpaired) electrons. The normalized spacial score (nSPS) is 33.7. The van der Waals surface area contributed by atoms with Gasteiger partial charge in [0.1, 0.15) is 5.92 Å². The largest absolute Gasteiger partial charge is 0.354 e. The van der Waals surface area contributed by atoms with Crippen LogP contribution in [0.4, 0.5) is 0 Å². The summed E-state index contributed by atoms with van der Waals surface area (Å²) in [6.45, 7) is 14.1. The minimum atomic E-state index is -0.421. The van der Waals surface area contributed by atoms with Gasteiger partial charge in [-0.05, 0) is 37.3 Å². The Morgan fingerprint density at radius 3 is 2.38 bits per heavy atom. The predicted octanol–water partition coefficient (Wildman–Crippen LogP) is 2.09. The second kappa shape index (κ2) is 5.71. The molecule has 0 saturated heterocycles. The summed E-state index contributed by atoms with van der Waals surface area (Å²) in [5.41, 5.74) is -0.358. The summed E-state index contributed by atoms with van der Waals surface area (Å²) >= 11 is 0. The predicted molar refractivity (Wildman–Crippen MR) is 83.9 cm³/mol. The minimum absolute atomic E-state index is 0.0475. The maximum atomic E-state index is 12.7. The van der Waals surface area contributed by atoms with Crippen LogP contribution in [0.5, 0.6) is 0 Å². The average Bonchev–Trinajstić information content (AvgIpc) is 2.75. The van der Waals surface area contributed by atoms with E-state index in [2.05, 4.69) is 44.8 Å². The van der Waals surface area contributed by atoms with Gasteiger partial charge in [-0.3, -0.25) is 9.59 Å². The summed E-state index contributed by atoms with van der Waals surface area (Å²) in [4.78, 5) is 27.4. The second-order valence-corrected chi connectivity index (χ2v) is 7.36. The summed E-state index contributed by atoms with van der Waals surface area (Å²) in [6, 6.07) is 0. The van der Waals surface area contributed by atoms with Crippen LogP contribution in [0.1, 0.15) is 47.5 Å². The Morgan fingerprint density at radius 2 is 1.90 bits per heavy atom. The van der Waals surface area contributed by atoms with Gasteiger partial charge in [-0.2, -0.15) is 0 Å². The van der Waals surface area contributed by atoms with E-state index in [9.17, 15) is 9.59 Å². The molecule has 0 aromatic heterocycles. The van der Waals surface area contributed by atoms with Gasteiger partial charge in [-0.25, -0.2) is 0 Å². The Morgan fingerprint density at radius 1 is 1.29 bits per heavy atom. The SMILES string of the molecule is CCN(CC)CCNC(=O)C1C(=O)C2(C)CCC1C2(C)C. The third-order valence-corrected chi connectivity index (χ3v) is 6.44. The first-order valence-corrected chi connectivity index (χ1v) is 8.34. The van der Waals surface area contributed by atoms with E-state index in [1.54, 1.807) is 0 Å². The molecule has 1 N–H and O–H groups in total. The van der Waals surface area contributed by atoms with E-state index in [1.165, 1.54) is 0 Å². The summed E-state index contributed by atoms with van der Waals surface area (Å²) < 4.78 is 0. The third kappa shape index (κ3) is 2.41. The van der Waals surface area contributed by atoms with Crippen LogP contribution in [0.3, 0.4) is 0 Å². The number of Topliss-reactive ketones (excluding diaryl/α,β-unsaturated/α-hetero) is 1. The molecule has 3 unspecified atom stereocenters. The fourth-order valence-corrected chi connectivity index (χ4v) is 4.38. The molecule has 1 amide bonds. The van der Waals surface area contributed by atoms with E-state index in [1.807, 2.05) is 0 Å². The first-order valence-electron chi connectivity index (χ1n) is 8.34. The van der Waals surface area contributed by atoms with Crippen molar-refractivity contribution >= 4 is 11.7 Å². The van der Waals surface area contributed by atoms with Crippen molar-refractivity contribution in [3.05, 3.63) is 0 Å². The molecular weight excluding hydrogens is 264 g/mol. The standard InChI is InChI=1S/C17H30N2O2/c1-6-19(7-2)11-10-18-15(21)13-12-8-9-17(5,14(13)20)16(12,3)4/h12-13H,6-11H2,1-5H3,(H,18,21). The number of fused-ring (bicyclic) bond motifs is 2. The maximum absolute atomic E-state index is 12.7. The Hall–Kier alpha value is -0.900. The van der Waals surface area contributed by atoms with Gasteiger partial charge in [0, 0.05) is 18.5 Å². The number of rotatable bonds is 6. The van der Waals surface area contributed by atoms with Gasteiger partial charge >= 0.3 is 0 Å². The molecular formula is C17H30N2O2. The first kappa shape index (κ1) is 16.5. The highest BCUT2D eigenvalue weighted by atomic mass is 16.2. The second-order valence-electron chi connectivity index (χ2n) is 7.36. The number of nitrogens with zero attached hydrogens (tertiary/aromatic N) is 1. The topological polar surface area (TPSA) is 49.4 Å². The number of nitrogens with one attached hydrogen (secondary N) is 1. The molecule has 2 saturated carbocycles. The van der Waals surface area contributed by atoms with Crippen LogP contribution >= 0.6 is 0 Å². The molecule has 2 bridgehead atoms. The van der Waals surface area contributed by atoms with Gasteiger partial charge in [-0.15, -0.1) is 0 Å². The molecule has 4 heteroatoms. The number of carbonyl (C=O) groups is 2. The summed E-state index contributed by atoms with van der Waals surface area (Å²) in [7, 11) is 0. The van der Waals surface area contributed by atoms with E-state index in [0.717, 1.165) is 32.5 Å².